The van der Waals surface area contributed by atoms with E-state index in [0.29, 0.717) is 28.5 Å². The van der Waals surface area contributed by atoms with Crippen LogP contribution in [-0.2, 0) is 4.79 Å². The van der Waals surface area contributed by atoms with Crippen molar-refractivity contribution in [1.82, 2.24) is 4.90 Å². The third kappa shape index (κ3) is 7.06. The summed E-state index contributed by atoms with van der Waals surface area (Å²) >= 11 is 0. The van der Waals surface area contributed by atoms with Crippen molar-refractivity contribution in [3.63, 3.8) is 0 Å². The number of ether oxygens (including phenoxy) is 3. The van der Waals surface area contributed by atoms with Crippen molar-refractivity contribution in [2.45, 2.75) is 13.0 Å². The molecule has 8 nitrogen and oxygen atoms in total. The van der Waals surface area contributed by atoms with Gasteiger partial charge in [0.2, 0.25) is 5.91 Å². The number of anilines is 1. The summed E-state index contributed by atoms with van der Waals surface area (Å²) in [5, 5.41) is 13.0. The maximum Gasteiger partial charge on any atom is 0.238 e. The topological polar surface area (TPSA) is 97.3 Å². The number of ketones is 1. The lowest BCUT2D eigenvalue weighted by atomic mass is 10.1. The van der Waals surface area contributed by atoms with Crippen molar-refractivity contribution < 1.29 is 28.9 Å². The van der Waals surface area contributed by atoms with Crippen LogP contribution in [0.2, 0.25) is 0 Å². The standard InChI is InChI=1S/C22H28N2O6/c1-15(25)16-8-9-20(21(10-16)29-4)30-14-18(26)12-24(2)13-22(27)23-17-6-5-7-19(11-17)28-3/h5-11,18,26H,12-14H2,1-4H3,(H,23,27). The van der Waals surface area contributed by atoms with Crippen LogP contribution in [0, 0.1) is 0 Å². The molecule has 0 aromatic heterocycles. The molecule has 0 radical (unpaired) electrons. The average molecular weight is 416 g/mol. The minimum absolute atomic E-state index is 0.0115. The van der Waals surface area contributed by atoms with Gasteiger partial charge in [0, 0.05) is 23.9 Å². The summed E-state index contributed by atoms with van der Waals surface area (Å²) in [6.07, 6.45) is -0.822. The summed E-state index contributed by atoms with van der Waals surface area (Å²) in [4.78, 5) is 25.4. The first-order valence-electron chi connectivity index (χ1n) is 9.44. The van der Waals surface area contributed by atoms with Gasteiger partial charge in [0.15, 0.2) is 17.3 Å². The van der Waals surface area contributed by atoms with Gasteiger partial charge >= 0.3 is 0 Å². The molecule has 1 amide bonds. The van der Waals surface area contributed by atoms with Gasteiger partial charge in [0.25, 0.3) is 0 Å². The summed E-state index contributed by atoms with van der Waals surface area (Å²) in [5.74, 6) is 1.22. The molecule has 2 rings (SSSR count). The van der Waals surface area contributed by atoms with E-state index in [4.69, 9.17) is 14.2 Å². The molecule has 162 valence electrons. The number of methoxy groups -OCH3 is 2. The predicted molar refractivity (Wildman–Crippen MR) is 114 cm³/mol. The fraction of sp³-hybridized carbons (Fsp3) is 0.364. The molecule has 30 heavy (non-hydrogen) atoms. The molecule has 0 aliphatic rings. The first-order chi connectivity index (χ1) is 14.3. The number of Topliss-reactive ketones (excluding diaryl/α,β-unsaturated/α-hetero) is 1. The van der Waals surface area contributed by atoms with Gasteiger partial charge in [-0.2, -0.15) is 0 Å². The van der Waals surface area contributed by atoms with Crippen molar-refractivity contribution >= 4 is 17.4 Å². The third-order valence-electron chi connectivity index (χ3n) is 4.29. The number of aliphatic hydroxyl groups excluding tert-OH is 1. The van der Waals surface area contributed by atoms with Crippen molar-refractivity contribution in [2.75, 3.05) is 46.3 Å². The SMILES string of the molecule is COc1cccc(NC(=O)CN(C)CC(O)COc2ccc(C(C)=O)cc2OC)c1. The molecule has 0 saturated carbocycles. The van der Waals surface area contributed by atoms with Crippen LogP contribution in [0.25, 0.3) is 0 Å². The Labute approximate surface area is 176 Å². The third-order valence-corrected chi connectivity index (χ3v) is 4.29. The van der Waals surface area contributed by atoms with Crippen LogP contribution in [0.15, 0.2) is 42.5 Å². The van der Waals surface area contributed by atoms with E-state index in [-0.39, 0.29) is 31.4 Å². The minimum atomic E-state index is -0.822. The Morgan fingerprint density at radius 3 is 2.53 bits per heavy atom. The Morgan fingerprint density at radius 2 is 1.87 bits per heavy atom. The highest BCUT2D eigenvalue weighted by molar-refractivity contribution is 5.94. The molecule has 2 aromatic rings. The van der Waals surface area contributed by atoms with E-state index in [9.17, 15) is 14.7 Å². The number of carbonyl (C=O) groups is 2. The van der Waals surface area contributed by atoms with Crippen LogP contribution >= 0.6 is 0 Å². The zero-order valence-electron chi connectivity index (χ0n) is 17.7. The van der Waals surface area contributed by atoms with Crippen LogP contribution in [0.5, 0.6) is 17.2 Å². The van der Waals surface area contributed by atoms with E-state index in [1.165, 1.54) is 14.0 Å². The number of carbonyl (C=O) groups excluding carboxylic acids is 2. The second-order valence-electron chi connectivity index (χ2n) is 6.86. The maximum absolute atomic E-state index is 12.2. The van der Waals surface area contributed by atoms with Gasteiger partial charge in [-0.25, -0.2) is 0 Å². The number of hydrogen-bond donors (Lipinski definition) is 2. The fourth-order valence-corrected chi connectivity index (χ4v) is 2.82. The fourth-order valence-electron chi connectivity index (χ4n) is 2.82. The molecular weight excluding hydrogens is 388 g/mol. The number of rotatable bonds is 11. The molecule has 2 aromatic carbocycles. The van der Waals surface area contributed by atoms with Gasteiger partial charge < -0.3 is 24.6 Å². The molecule has 0 heterocycles. The number of amides is 1. The van der Waals surface area contributed by atoms with E-state index in [1.54, 1.807) is 61.5 Å². The second kappa shape index (κ2) is 11.2. The largest absolute Gasteiger partial charge is 0.497 e. The second-order valence-corrected chi connectivity index (χ2v) is 6.86. The van der Waals surface area contributed by atoms with Gasteiger partial charge in [-0.3, -0.25) is 14.5 Å². The number of likely N-dealkylation sites (N-methyl/N-ethyl adjacent to an activating group) is 1. The van der Waals surface area contributed by atoms with Gasteiger partial charge in [-0.05, 0) is 44.3 Å². The molecule has 8 heteroatoms. The van der Waals surface area contributed by atoms with E-state index in [1.807, 2.05) is 0 Å². The van der Waals surface area contributed by atoms with E-state index >= 15 is 0 Å². The van der Waals surface area contributed by atoms with Crippen LogP contribution in [0.4, 0.5) is 5.69 Å². The molecule has 1 atom stereocenters. The monoisotopic (exact) mass is 416 g/mol. The highest BCUT2D eigenvalue weighted by Gasteiger charge is 2.15. The van der Waals surface area contributed by atoms with E-state index in [0.717, 1.165) is 0 Å². The highest BCUT2D eigenvalue weighted by Crippen LogP contribution is 2.28. The van der Waals surface area contributed by atoms with Gasteiger partial charge in [0.05, 0.1) is 20.8 Å². The first-order valence-corrected chi connectivity index (χ1v) is 9.44. The van der Waals surface area contributed by atoms with Crippen molar-refractivity contribution in [1.29, 1.82) is 0 Å². The Morgan fingerprint density at radius 1 is 1.10 bits per heavy atom. The smallest absolute Gasteiger partial charge is 0.238 e. The van der Waals surface area contributed by atoms with Crippen LogP contribution in [0.3, 0.4) is 0 Å². The Bertz CT molecular complexity index is 870. The van der Waals surface area contributed by atoms with E-state index in [2.05, 4.69) is 5.32 Å². The van der Waals surface area contributed by atoms with Crippen molar-refractivity contribution in [2.24, 2.45) is 0 Å². The lowest BCUT2D eigenvalue weighted by Crippen LogP contribution is -2.37. The highest BCUT2D eigenvalue weighted by atomic mass is 16.5. The zero-order valence-corrected chi connectivity index (χ0v) is 17.7. The summed E-state index contributed by atoms with van der Waals surface area (Å²) < 4.78 is 16.0. The molecule has 1 unspecified atom stereocenters. The lowest BCUT2D eigenvalue weighted by molar-refractivity contribution is -0.117. The van der Waals surface area contributed by atoms with Crippen molar-refractivity contribution in [3.8, 4) is 17.2 Å². The molecule has 0 saturated heterocycles. The normalized spacial score (nSPS) is 11.7. The minimum Gasteiger partial charge on any atom is -0.497 e. The molecule has 0 fully saturated rings. The number of benzene rings is 2. The Hall–Kier alpha value is -3.10. The molecule has 2 N–H and O–H groups in total. The van der Waals surface area contributed by atoms with Gasteiger partial charge in [-0.15, -0.1) is 0 Å². The average Bonchev–Trinajstić information content (AvgIpc) is 2.71. The quantitative estimate of drug-likeness (QED) is 0.542. The molecular formula is C22H28N2O6. The van der Waals surface area contributed by atoms with E-state index < -0.39 is 6.10 Å². The van der Waals surface area contributed by atoms with Crippen LogP contribution < -0.4 is 19.5 Å². The molecule has 0 aliphatic carbocycles. The Kier molecular flexibility index (Phi) is 8.64. The van der Waals surface area contributed by atoms with Gasteiger partial charge in [-0.1, -0.05) is 6.07 Å². The zero-order chi connectivity index (χ0) is 22.1. The molecule has 0 aliphatic heterocycles. The molecule has 0 bridgehead atoms. The first kappa shape index (κ1) is 23.2. The number of nitrogens with one attached hydrogen (secondary N) is 1. The number of nitrogens with zero attached hydrogens (tertiary/aromatic N) is 1. The summed E-state index contributed by atoms with van der Waals surface area (Å²) in [6, 6.07) is 11.9. The Balaban J connectivity index is 1.82. The number of aliphatic hydroxyl groups is 1. The predicted octanol–water partition coefficient (Wildman–Crippen LogP) is 2.22. The van der Waals surface area contributed by atoms with Crippen LogP contribution in [0.1, 0.15) is 17.3 Å². The van der Waals surface area contributed by atoms with Crippen LogP contribution in [-0.4, -0.2) is 68.8 Å². The van der Waals surface area contributed by atoms with Crippen molar-refractivity contribution in [3.05, 3.63) is 48.0 Å². The summed E-state index contributed by atoms with van der Waals surface area (Å²) in [6.45, 7) is 1.82. The van der Waals surface area contributed by atoms with Gasteiger partial charge in [0.1, 0.15) is 18.5 Å². The summed E-state index contributed by atoms with van der Waals surface area (Å²) in [5.41, 5.74) is 1.15. The summed E-state index contributed by atoms with van der Waals surface area (Å²) in [7, 11) is 4.78. The lowest BCUT2D eigenvalue weighted by Gasteiger charge is -2.21. The number of hydrogen-bond acceptors (Lipinski definition) is 7. The maximum atomic E-state index is 12.2. The molecule has 0 spiro atoms.